The van der Waals surface area contributed by atoms with Crippen LogP contribution in [0.15, 0.2) is 42.5 Å². The second kappa shape index (κ2) is 10.1. The van der Waals surface area contributed by atoms with E-state index in [1.807, 2.05) is 12.1 Å². The molecule has 2 rings (SSSR count). The first-order chi connectivity index (χ1) is 13.8. The molecule has 0 aliphatic rings. The zero-order valence-electron chi connectivity index (χ0n) is 16.6. The predicted molar refractivity (Wildman–Crippen MR) is 107 cm³/mol. The fraction of sp³-hybridized carbons (Fsp3) is 0.286. The van der Waals surface area contributed by atoms with Gasteiger partial charge in [0.15, 0.2) is 6.10 Å². The summed E-state index contributed by atoms with van der Waals surface area (Å²) in [7, 11) is 3.10. The topological polar surface area (TPSA) is 117 Å². The van der Waals surface area contributed by atoms with Crippen molar-refractivity contribution in [3.05, 3.63) is 53.6 Å². The van der Waals surface area contributed by atoms with Gasteiger partial charge in [0.1, 0.15) is 11.5 Å². The van der Waals surface area contributed by atoms with Gasteiger partial charge >= 0.3 is 5.97 Å². The molecule has 0 aromatic heterocycles. The minimum atomic E-state index is -0.974. The van der Waals surface area contributed by atoms with Crippen molar-refractivity contribution in [1.29, 1.82) is 0 Å². The molecule has 0 saturated carbocycles. The molecule has 0 fully saturated rings. The van der Waals surface area contributed by atoms with Crippen molar-refractivity contribution in [2.75, 3.05) is 19.5 Å². The maximum absolute atomic E-state index is 12.2. The van der Waals surface area contributed by atoms with Gasteiger partial charge in [-0.15, -0.1) is 0 Å². The number of hydrogen-bond donors (Lipinski definition) is 2. The van der Waals surface area contributed by atoms with E-state index >= 15 is 0 Å². The number of aryl methyl sites for hydroxylation is 1. The molecule has 8 heteroatoms. The standard InChI is InChI=1S/C21H24N2O6/c1-13(21(26)23-16-7-5-15(6-8-16)20(22)25)29-19(24)9-4-14-10-17(27-2)12-18(11-14)28-3/h5-8,10-13H,4,9H2,1-3H3,(H2,22,25)(H,23,26)/t13-/m0/s1. The van der Waals surface area contributed by atoms with Crippen LogP contribution in [0.1, 0.15) is 29.3 Å². The van der Waals surface area contributed by atoms with Gasteiger partial charge in [0.2, 0.25) is 5.91 Å². The molecule has 8 nitrogen and oxygen atoms in total. The number of nitrogens with one attached hydrogen (secondary N) is 1. The third-order valence-corrected chi connectivity index (χ3v) is 4.14. The summed E-state index contributed by atoms with van der Waals surface area (Å²) in [6, 6.07) is 11.4. The lowest BCUT2D eigenvalue weighted by atomic mass is 10.1. The fourth-order valence-electron chi connectivity index (χ4n) is 2.53. The quantitative estimate of drug-likeness (QED) is 0.624. The molecule has 1 atom stereocenters. The monoisotopic (exact) mass is 400 g/mol. The average Bonchev–Trinajstić information content (AvgIpc) is 2.72. The number of ether oxygens (including phenoxy) is 3. The highest BCUT2D eigenvalue weighted by Crippen LogP contribution is 2.23. The van der Waals surface area contributed by atoms with E-state index in [9.17, 15) is 14.4 Å². The van der Waals surface area contributed by atoms with Gasteiger partial charge in [0.05, 0.1) is 14.2 Å². The van der Waals surface area contributed by atoms with Gasteiger partial charge < -0.3 is 25.3 Å². The molecule has 0 radical (unpaired) electrons. The first-order valence-corrected chi connectivity index (χ1v) is 8.94. The summed E-state index contributed by atoms with van der Waals surface area (Å²) in [5.41, 5.74) is 6.82. The molecule has 0 spiro atoms. The number of anilines is 1. The number of primary amides is 1. The molecule has 0 heterocycles. The maximum atomic E-state index is 12.2. The number of rotatable bonds is 9. The molecular weight excluding hydrogens is 376 g/mol. The van der Waals surface area contributed by atoms with Gasteiger partial charge in [0, 0.05) is 23.7 Å². The second-order valence-corrected chi connectivity index (χ2v) is 6.28. The van der Waals surface area contributed by atoms with Crippen LogP contribution < -0.4 is 20.5 Å². The Bertz CT molecular complexity index is 857. The van der Waals surface area contributed by atoms with E-state index in [-0.39, 0.29) is 6.42 Å². The highest BCUT2D eigenvalue weighted by atomic mass is 16.5. The Kier molecular flexibility index (Phi) is 7.59. The summed E-state index contributed by atoms with van der Waals surface area (Å²) in [6.45, 7) is 1.49. The normalized spacial score (nSPS) is 11.3. The highest BCUT2D eigenvalue weighted by molar-refractivity contribution is 5.96. The first kappa shape index (κ1) is 21.7. The Morgan fingerprint density at radius 3 is 2.10 bits per heavy atom. The summed E-state index contributed by atoms with van der Waals surface area (Å²) >= 11 is 0. The van der Waals surface area contributed by atoms with E-state index in [1.54, 1.807) is 32.4 Å². The van der Waals surface area contributed by atoms with Crippen LogP contribution in [0.25, 0.3) is 0 Å². The maximum Gasteiger partial charge on any atom is 0.306 e. The van der Waals surface area contributed by atoms with Crippen molar-refractivity contribution in [2.24, 2.45) is 5.73 Å². The van der Waals surface area contributed by atoms with E-state index in [0.29, 0.717) is 29.2 Å². The molecule has 2 aromatic rings. The highest BCUT2D eigenvalue weighted by Gasteiger charge is 2.18. The molecule has 0 aliphatic carbocycles. The molecular formula is C21H24N2O6. The lowest BCUT2D eigenvalue weighted by Gasteiger charge is -2.14. The van der Waals surface area contributed by atoms with Crippen LogP contribution >= 0.6 is 0 Å². The zero-order chi connectivity index (χ0) is 21.4. The number of amides is 2. The largest absolute Gasteiger partial charge is 0.497 e. The van der Waals surface area contributed by atoms with E-state index in [0.717, 1.165) is 5.56 Å². The number of nitrogens with two attached hydrogens (primary N) is 1. The Hall–Kier alpha value is -3.55. The summed E-state index contributed by atoms with van der Waals surface area (Å²) in [5, 5.41) is 2.62. The van der Waals surface area contributed by atoms with Crippen molar-refractivity contribution in [1.82, 2.24) is 0 Å². The van der Waals surface area contributed by atoms with Crippen LogP contribution in [0.4, 0.5) is 5.69 Å². The number of carbonyl (C=O) groups excluding carboxylic acids is 3. The molecule has 0 unspecified atom stereocenters. The van der Waals surface area contributed by atoms with E-state index < -0.39 is 23.9 Å². The van der Waals surface area contributed by atoms with Crippen molar-refractivity contribution < 1.29 is 28.6 Å². The zero-order valence-corrected chi connectivity index (χ0v) is 16.6. The van der Waals surface area contributed by atoms with Crippen LogP contribution in [0.5, 0.6) is 11.5 Å². The predicted octanol–water partition coefficient (Wildman–Crippen LogP) is 2.31. The number of benzene rings is 2. The SMILES string of the molecule is COc1cc(CCC(=O)O[C@@H](C)C(=O)Nc2ccc(C(N)=O)cc2)cc(OC)c1. The summed E-state index contributed by atoms with van der Waals surface area (Å²) < 4.78 is 15.6. The van der Waals surface area contributed by atoms with E-state index in [2.05, 4.69) is 5.32 Å². The third-order valence-electron chi connectivity index (χ3n) is 4.14. The Labute approximate surface area is 168 Å². The number of esters is 1. The van der Waals surface area contributed by atoms with Gasteiger partial charge in [-0.1, -0.05) is 0 Å². The van der Waals surface area contributed by atoms with Gasteiger partial charge in [-0.05, 0) is 55.3 Å². The van der Waals surface area contributed by atoms with Crippen LogP contribution in [0.3, 0.4) is 0 Å². The lowest BCUT2D eigenvalue weighted by molar-refractivity contribution is -0.153. The minimum absolute atomic E-state index is 0.0985. The molecule has 3 N–H and O–H groups in total. The molecule has 0 bridgehead atoms. The third kappa shape index (κ3) is 6.53. The van der Waals surface area contributed by atoms with Crippen molar-refractivity contribution in [3.8, 4) is 11.5 Å². The molecule has 2 amide bonds. The first-order valence-electron chi connectivity index (χ1n) is 8.94. The van der Waals surface area contributed by atoms with E-state index in [4.69, 9.17) is 19.9 Å². The van der Waals surface area contributed by atoms with Gasteiger partial charge in [-0.3, -0.25) is 14.4 Å². The van der Waals surface area contributed by atoms with Crippen LogP contribution in [0, 0.1) is 0 Å². The Morgan fingerprint density at radius 2 is 1.59 bits per heavy atom. The molecule has 0 aliphatic heterocycles. The lowest BCUT2D eigenvalue weighted by Crippen LogP contribution is -2.30. The van der Waals surface area contributed by atoms with Gasteiger partial charge in [-0.25, -0.2) is 0 Å². The van der Waals surface area contributed by atoms with Crippen molar-refractivity contribution in [3.63, 3.8) is 0 Å². The minimum Gasteiger partial charge on any atom is -0.497 e. The van der Waals surface area contributed by atoms with Gasteiger partial charge in [-0.2, -0.15) is 0 Å². The molecule has 2 aromatic carbocycles. The summed E-state index contributed by atoms with van der Waals surface area (Å²) in [4.78, 5) is 35.4. The number of carbonyl (C=O) groups is 3. The Balaban J connectivity index is 1.86. The molecule has 154 valence electrons. The van der Waals surface area contributed by atoms with E-state index in [1.165, 1.54) is 19.1 Å². The summed E-state index contributed by atoms with van der Waals surface area (Å²) in [5.74, 6) is -0.281. The molecule has 29 heavy (non-hydrogen) atoms. The van der Waals surface area contributed by atoms with Gasteiger partial charge in [0.25, 0.3) is 5.91 Å². The van der Waals surface area contributed by atoms with Crippen molar-refractivity contribution >= 4 is 23.5 Å². The second-order valence-electron chi connectivity index (χ2n) is 6.28. The van der Waals surface area contributed by atoms with Crippen molar-refractivity contribution in [2.45, 2.75) is 25.9 Å². The molecule has 0 saturated heterocycles. The van der Waals surface area contributed by atoms with Crippen LogP contribution in [-0.2, 0) is 20.7 Å². The summed E-state index contributed by atoms with van der Waals surface area (Å²) in [6.07, 6.45) is -0.463. The van der Waals surface area contributed by atoms with Crippen LogP contribution in [-0.4, -0.2) is 38.1 Å². The number of methoxy groups -OCH3 is 2. The number of hydrogen-bond acceptors (Lipinski definition) is 6. The smallest absolute Gasteiger partial charge is 0.306 e. The Morgan fingerprint density at radius 1 is 1.00 bits per heavy atom. The average molecular weight is 400 g/mol. The van der Waals surface area contributed by atoms with Crippen LogP contribution in [0.2, 0.25) is 0 Å². The fourth-order valence-corrected chi connectivity index (χ4v) is 2.53.